The van der Waals surface area contributed by atoms with E-state index in [4.69, 9.17) is 4.74 Å². The highest BCUT2D eigenvalue weighted by molar-refractivity contribution is 7.10. The van der Waals surface area contributed by atoms with Crippen LogP contribution in [0, 0.1) is 12.7 Å². The summed E-state index contributed by atoms with van der Waals surface area (Å²) in [4.78, 5) is 5.64. The van der Waals surface area contributed by atoms with Crippen LogP contribution < -0.4 is 10.6 Å². The average molecular weight is 376 g/mol. The van der Waals surface area contributed by atoms with E-state index in [9.17, 15) is 4.39 Å². The van der Waals surface area contributed by atoms with E-state index in [1.807, 2.05) is 6.07 Å². The Balaban J connectivity index is 1.68. The summed E-state index contributed by atoms with van der Waals surface area (Å²) >= 11 is 1.74. The quantitative estimate of drug-likeness (QED) is 0.620. The molecule has 0 bridgehead atoms. The van der Waals surface area contributed by atoms with E-state index in [-0.39, 0.29) is 11.2 Å². The molecule has 1 aromatic carbocycles. The fourth-order valence-corrected chi connectivity index (χ4v) is 4.22. The molecule has 1 aliphatic rings. The second-order valence-electron chi connectivity index (χ2n) is 6.71. The molecule has 1 saturated heterocycles. The first kappa shape index (κ1) is 18.9. The molecule has 1 fully saturated rings. The fourth-order valence-electron chi connectivity index (χ4n) is 3.37. The summed E-state index contributed by atoms with van der Waals surface area (Å²) in [6, 6.07) is 9.07. The summed E-state index contributed by atoms with van der Waals surface area (Å²) in [5, 5.41) is 8.92. The van der Waals surface area contributed by atoms with Crippen LogP contribution in [0.1, 0.15) is 28.8 Å². The normalized spacial score (nSPS) is 17.1. The van der Waals surface area contributed by atoms with E-state index in [0.717, 1.165) is 30.9 Å². The number of halogens is 1. The van der Waals surface area contributed by atoms with Crippen molar-refractivity contribution in [2.75, 3.05) is 26.8 Å². The lowest BCUT2D eigenvalue weighted by atomic mass is 9.74. The maximum Gasteiger partial charge on any atom is 0.191 e. The number of rotatable bonds is 5. The Labute approximate surface area is 158 Å². The summed E-state index contributed by atoms with van der Waals surface area (Å²) in [7, 11) is 1.77. The SMILES string of the molecule is CN=C(NCc1sccc1C)NCC1(c2cccc(F)c2)CCOCC1. The zero-order chi connectivity index (χ0) is 18.4. The zero-order valence-corrected chi connectivity index (χ0v) is 16.2. The van der Waals surface area contributed by atoms with Gasteiger partial charge in [0.25, 0.3) is 0 Å². The maximum atomic E-state index is 13.8. The second-order valence-corrected chi connectivity index (χ2v) is 7.71. The summed E-state index contributed by atoms with van der Waals surface area (Å²) in [6.45, 7) is 4.95. The van der Waals surface area contributed by atoms with Gasteiger partial charge in [0.15, 0.2) is 5.96 Å². The number of aryl methyl sites for hydroxylation is 1. The number of ether oxygens (including phenoxy) is 1. The molecule has 2 N–H and O–H groups in total. The number of benzene rings is 1. The van der Waals surface area contributed by atoms with Crippen molar-refractivity contribution in [1.82, 2.24) is 10.6 Å². The molecule has 0 aliphatic carbocycles. The molecule has 0 unspecified atom stereocenters. The molecular weight excluding hydrogens is 349 g/mol. The van der Waals surface area contributed by atoms with E-state index < -0.39 is 0 Å². The van der Waals surface area contributed by atoms with Crippen LogP contribution in [0.4, 0.5) is 4.39 Å². The Morgan fingerprint density at radius 1 is 1.27 bits per heavy atom. The highest BCUT2D eigenvalue weighted by Crippen LogP contribution is 2.34. The Hall–Kier alpha value is -1.92. The number of aliphatic imine (C=N–C) groups is 1. The largest absolute Gasteiger partial charge is 0.381 e. The molecule has 2 aromatic rings. The van der Waals surface area contributed by atoms with Crippen LogP contribution in [0.15, 0.2) is 40.7 Å². The minimum absolute atomic E-state index is 0.142. The zero-order valence-electron chi connectivity index (χ0n) is 15.3. The molecule has 1 aromatic heterocycles. The van der Waals surface area contributed by atoms with Crippen LogP contribution >= 0.6 is 11.3 Å². The Bertz CT molecular complexity index is 753. The number of nitrogens with zero attached hydrogens (tertiary/aromatic N) is 1. The first-order valence-electron chi connectivity index (χ1n) is 8.94. The Kier molecular flexibility index (Phi) is 6.27. The highest BCUT2D eigenvalue weighted by Gasteiger charge is 2.34. The molecule has 26 heavy (non-hydrogen) atoms. The minimum atomic E-state index is -0.191. The highest BCUT2D eigenvalue weighted by atomic mass is 32.1. The summed E-state index contributed by atoms with van der Waals surface area (Å²) in [5.74, 6) is 0.573. The molecule has 0 atom stereocenters. The number of nitrogens with one attached hydrogen (secondary N) is 2. The monoisotopic (exact) mass is 375 g/mol. The number of hydrogen-bond acceptors (Lipinski definition) is 3. The molecule has 0 saturated carbocycles. The van der Waals surface area contributed by atoms with Crippen molar-refractivity contribution >= 4 is 17.3 Å². The van der Waals surface area contributed by atoms with Gasteiger partial charge in [-0.2, -0.15) is 0 Å². The predicted octanol–water partition coefficient (Wildman–Crippen LogP) is 3.61. The van der Waals surface area contributed by atoms with Crippen LogP contribution in [0.25, 0.3) is 0 Å². The number of hydrogen-bond donors (Lipinski definition) is 2. The molecule has 0 radical (unpaired) electrons. The van der Waals surface area contributed by atoms with Gasteiger partial charge in [-0.3, -0.25) is 4.99 Å². The third-order valence-corrected chi connectivity index (χ3v) is 6.11. The second kappa shape index (κ2) is 8.64. The lowest BCUT2D eigenvalue weighted by Crippen LogP contribution is -2.48. The van der Waals surface area contributed by atoms with Gasteiger partial charge in [-0.25, -0.2) is 4.39 Å². The molecule has 3 rings (SSSR count). The summed E-state index contributed by atoms with van der Waals surface area (Å²) < 4.78 is 19.3. The van der Waals surface area contributed by atoms with Crippen LogP contribution in [0.2, 0.25) is 0 Å². The van der Waals surface area contributed by atoms with E-state index in [1.54, 1.807) is 30.5 Å². The molecule has 2 heterocycles. The lowest BCUT2D eigenvalue weighted by Gasteiger charge is -2.38. The van der Waals surface area contributed by atoms with E-state index in [1.165, 1.54) is 16.5 Å². The molecule has 1 aliphatic heterocycles. The van der Waals surface area contributed by atoms with E-state index >= 15 is 0 Å². The van der Waals surface area contributed by atoms with Crippen molar-refractivity contribution < 1.29 is 9.13 Å². The minimum Gasteiger partial charge on any atom is -0.381 e. The van der Waals surface area contributed by atoms with Crippen LogP contribution in [-0.2, 0) is 16.7 Å². The van der Waals surface area contributed by atoms with Gasteiger partial charge in [-0.15, -0.1) is 11.3 Å². The topological polar surface area (TPSA) is 45.7 Å². The van der Waals surface area contributed by atoms with Gasteiger partial charge in [0.05, 0.1) is 6.54 Å². The molecule has 6 heteroatoms. The molecule has 140 valence electrons. The van der Waals surface area contributed by atoms with Crippen molar-refractivity contribution in [1.29, 1.82) is 0 Å². The van der Waals surface area contributed by atoms with Gasteiger partial charge in [-0.05, 0) is 54.5 Å². The Morgan fingerprint density at radius 3 is 2.73 bits per heavy atom. The first-order chi connectivity index (χ1) is 12.6. The van der Waals surface area contributed by atoms with Gasteiger partial charge in [0.2, 0.25) is 0 Å². The van der Waals surface area contributed by atoms with Gasteiger partial charge in [-0.1, -0.05) is 12.1 Å². The molecule has 4 nitrogen and oxygen atoms in total. The number of thiophene rings is 1. The third-order valence-electron chi connectivity index (χ3n) is 5.09. The predicted molar refractivity (Wildman–Crippen MR) is 105 cm³/mol. The molecule has 0 spiro atoms. The van der Waals surface area contributed by atoms with E-state index in [0.29, 0.717) is 19.8 Å². The van der Waals surface area contributed by atoms with Crippen molar-refractivity contribution in [3.8, 4) is 0 Å². The summed E-state index contributed by atoms with van der Waals surface area (Å²) in [5.41, 5.74) is 2.17. The third kappa shape index (κ3) is 4.43. The standard InChI is InChI=1S/C20H26FN3OS/c1-15-6-11-26-18(15)13-23-19(22-2)24-14-20(7-9-25-10-8-20)16-4-3-5-17(21)12-16/h3-6,11-12H,7-10,13-14H2,1-2H3,(H2,22,23,24). The van der Waals surface area contributed by atoms with Gasteiger partial charge < -0.3 is 15.4 Å². The van der Waals surface area contributed by atoms with Crippen molar-refractivity contribution in [3.63, 3.8) is 0 Å². The molecule has 0 amide bonds. The van der Waals surface area contributed by atoms with Crippen LogP contribution in [-0.4, -0.2) is 32.8 Å². The van der Waals surface area contributed by atoms with Crippen molar-refractivity contribution in [2.24, 2.45) is 4.99 Å². The van der Waals surface area contributed by atoms with Gasteiger partial charge in [0, 0.05) is 37.1 Å². The van der Waals surface area contributed by atoms with Crippen molar-refractivity contribution in [3.05, 3.63) is 57.5 Å². The van der Waals surface area contributed by atoms with Crippen molar-refractivity contribution in [2.45, 2.75) is 31.7 Å². The van der Waals surface area contributed by atoms with Gasteiger partial charge in [0.1, 0.15) is 5.82 Å². The van der Waals surface area contributed by atoms with Crippen LogP contribution in [0.5, 0.6) is 0 Å². The summed E-state index contributed by atoms with van der Waals surface area (Å²) in [6.07, 6.45) is 1.73. The fraction of sp³-hybridized carbons (Fsp3) is 0.450. The van der Waals surface area contributed by atoms with Crippen LogP contribution in [0.3, 0.4) is 0 Å². The number of guanidine groups is 1. The van der Waals surface area contributed by atoms with E-state index in [2.05, 4.69) is 34.0 Å². The smallest absolute Gasteiger partial charge is 0.191 e. The van der Waals surface area contributed by atoms with Gasteiger partial charge >= 0.3 is 0 Å². The average Bonchev–Trinajstić information content (AvgIpc) is 3.07. The maximum absolute atomic E-state index is 13.8. The first-order valence-corrected chi connectivity index (χ1v) is 9.82. The molecular formula is C20H26FN3OS. The lowest BCUT2D eigenvalue weighted by molar-refractivity contribution is 0.0513. The Morgan fingerprint density at radius 2 is 2.08 bits per heavy atom.